The summed E-state index contributed by atoms with van der Waals surface area (Å²) in [5, 5.41) is 0. The van der Waals surface area contributed by atoms with Crippen LogP contribution in [0.1, 0.15) is 164 Å². The van der Waals surface area contributed by atoms with Gasteiger partial charge in [0.2, 0.25) is 0 Å². The maximum Gasteiger partial charge on any atom is 0.0224 e. The Morgan fingerprint density at radius 2 is 0.891 bits per heavy atom. The Bertz CT molecular complexity index is 1440. The van der Waals surface area contributed by atoms with E-state index in [1.54, 1.807) is 16.7 Å². The second-order valence-corrected chi connectivity index (χ2v) is 16.5. The fraction of sp³-hybridized carbons (Fsp3) is 0.545. The third-order valence-electron chi connectivity index (χ3n) is 9.54. The van der Waals surface area contributed by atoms with Crippen LogP contribution in [0.5, 0.6) is 0 Å². The zero-order valence-corrected chi connectivity index (χ0v) is 31.3. The molecule has 2 nitrogen and oxygen atoms in total. The molecular weight excluding hydrogens is 556 g/mol. The van der Waals surface area contributed by atoms with Crippen molar-refractivity contribution in [2.24, 2.45) is 11.8 Å². The molecule has 2 aromatic carbocycles. The molecule has 2 N–H and O–H groups in total. The molecule has 7 rings (SSSR count). The first-order valence-corrected chi connectivity index (χ1v) is 18.3. The molecule has 1 fully saturated rings. The SMILES string of the molecule is CC(C)C.CC(C)C.CC(C)c1cc2c([nH]1)CCc1ccccc1C2(C)C.CC(C)c1cc2c([nH]1)CCc1ccccc1C21CC1. The van der Waals surface area contributed by atoms with Gasteiger partial charge in [-0.1, -0.05) is 132 Å². The van der Waals surface area contributed by atoms with Crippen LogP contribution in [0, 0.1) is 11.8 Å². The number of fused-ring (bicyclic) bond motifs is 6. The third-order valence-corrected chi connectivity index (χ3v) is 9.54. The number of hydrogen-bond acceptors (Lipinski definition) is 0. The van der Waals surface area contributed by atoms with E-state index in [-0.39, 0.29) is 5.41 Å². The van der Waals surface area contributed by atoms with Crippen molar-refractivity contribution in [3.05, 3.63) is 117 Å². The van der Waals surface area contributed by atoms with Crippen LogP contribution >= 0.6 is 0 Å². The van der Waals surface area contributed by atoms with Crippen LogP contribution in [0.4, 0.5) is 0 Å². The minimum Gasteiger partial charge on any atom is -0.362 e. The molecule has 4 aromatic rings. The smallest absolute Gasteiger partial charge is 0.0224 e. The molecule has 0 unspecified atom stereocenters. The minimum atomic E-state index is 0.103. The van der Waals surface area contributed by atoms with E-state index in [1.807, 2.05) is 0 Å². The van der Waals surface area contributed by atoms with Gasteiger partial charge in [0.1, 0.15) is 0 Å². The Morgan fingerprint density at radius 3 is 1.35 bits per heavy atom. The van der Waals surface area contributed by atoms with Crippen LogP contribution in [-0.2, 0) is 36.5 Å². The summed E-state index contributed by atoms with van der Waals surface area (Å²) in [6, 6.07) is 22.8. The van der Waals surface area contributed by atoms with E-state index >= 15 is 0 Å². The van der Waals surface area contributed by atoms with Crippen LogP contribution in [0.3, 0.4) is 0 Å². The Balaban J connectivity index is 0.000000170. The molecule has 250 valence electrons. The van der Waals surface area contributed by atoms with Crippen molar-refractivity contribution >= 4 is 0 Å². The Labute approximate surface area is 282 Å². The number of benzene rings is 2. The molecule has 3 aliphatic carbocycles. The largest absolute Gasteiger partial charge is 0.362 e. The number of H-pyrrole nitrogens is 2. The highest BCUT2D eigenvalue weighted by atomic mass is 14.8. The monoisotopic (exact) mass is 621 g/mol. The molecule has 0 bridgehead atoms. The van der Waals surface area contributed by atoms with E-state index in [0.717, 1.165) is 24.7 Å². The molecule has 0 atom stereocenters. The van der Waals surface area contributed by atoms with E-state index in [2.05, 4.69) is 154 Å². The second-order valence-electron chi connectivity index (χ2n) is 16.5. The molecule has 46 heavy (non-hydrogen) atoms. The number of aryl methyl sites for hydroxylation is 4. The molecule has 0 aliphatic heterocycles. The molecule has 2 heteroatoms. The van der Waals surface area contributed by atoms with Gasteiger partial charge in [-0.05, 0) is 108 Å². The predicted octanol–water partition coefficient (Wildman–Crippen LogP) is 12.2. The number of rotatable bonds is 2. The molecule has 2 aromatic heterocycles. The van der Waals surface area contributed by atoms with Gasteiger partial charge in [-0.25, -0.2) is 0 Å². The average Bonchev–Trinajstić information content (AvgIpc) is 3.51. The highest BCUT2D eigenvalue weighted by Crippen LogP contribution is 2.57. The van der Waals surface area contributed by atoms with Crippen LogP contribution in [0.25, 0.3) is 0 Å². The molecule has 1 spiro atoms. The number of aromatic nitrogens is 2. The van der Waals surface area contributed by atoms with E-state index in [9.17, 15) is 0 Å². The van der Waals surface area contributed by atoms with Crippen molar-refractivity contribution in [2.75, 3.05) is 0 Å². The first-order chi connectivity index (χ1) is 21.7. The lowest BCUT2D eigenvalue weighted by Gasteiger charge is -2.26. The quantitative estimate of drug-likeness (QED) is 0.223. The van der Waals surface area contributed by atoms with Gasteiger partial charge in [-0.3, -0.25) is 0 Å². The van der Waals surface area contributed by atoms with Gasteiger partial charge in [-0.2, -0.15) is 0 Å². The first kappa shape index (κ1) is 35.8. The van der Waals surface area contributed by atoms with E-state index in [4.69, 9.17) is 0 Å². The zero-order valence-electron chi connectivity index (χ0n) is 31.3. The molecular formula is C44H64N2. The number of aromatic amines is 2. The van der Waals surface area contributed by atoms with Crippen LogP contribution in [0.15, 0.2) is 60.7 Å². The molecule has 3 aliphatic rings. The summed E-state index contributed by atoms with van der Waals surface area (Å²) in [6.07, 6.45) is 7.27. The first-order valence-electron chi connectivity index (χ1n) is 18.3. The van der Waals surface area contributed by atoms with Crippen molar-refractivity contribution < 1.29 is 0 Å². The second kappa shape index (κ2) is 14.8. The minimum absolute atomic E-state index is 0.103. The molecule has 2 heterocycles. The highest BCUT2D eigenvalue weighted by Gasteiger charge is 2.49. The van der Waals surface area contributed by atoms with Gasteiger partial charge in [-0.15, -0.1) is 0 Å². The van der Waals surface area contributed by atoms with E-state index in [1.165, 1.54) is 65.1 Å². The van der Waals surface area contributed by atoms with Crippen LogP contribution < -0.4 is 0 Å². The molecule has 0 radical (unpaired) electrons. The third kappa shape index (κ3) is 8.10. The van der Waals surface area contributed by atoms with Crippen LogP contribution in [-0.4, -0.2) is 9.97 Å². The van der Waals surface area contributed by atoms with Crippen molar-refractivity contribution in [3.8, 4) is 0 Å². The van der Waals surface area contributed by atoms with Gasteiger partial charge >= 0.3 is 0 Å². The fourth-order valence-corrected chi connectivity index (χ4v) is 7.07. The standard InChI is InChI=1S/C18H21N.C18H23N.2C4H10/c1-12(2)17-11-15-16(19-17)8-7-13-5-3-4-6-14(13)18(15)9-10-18;1-12(2)17-11-15-16(19-17)10-9-13-7-5-6-8-14(13)18(15,3)4;2*1-4(2)3/h3-6,11-12,19H,7-10H2,1-2H3;5-8,11-12,19H,9-10H2,1-4H3;2*4H,1-3H3. The Morgan fingerprint density at radius 1 is 0.500 bits per heavy atom. The Kier molecular flexibility index (Phi) is 11.6. The Hall–Kier alpha value is -3.00. The molecule has 0 saturated heterocycles. The van der Waals surface area contributed by atoms with Gasteiger partial charge in [0, 0.05) is 33.6 Å². The normalized spacial score (nSPS) is 16.4. The van der Waals surface area contributed by atoms with Crippen molar-refractivity contribution in [1.29, 1.82) is 0 Å². The lowest BCUT2D eigenvalue weighted by atomic mass is 9.77. The van der Waals surface area contributed by atoms with Crippen molar-refractivity contribution in [2.45, 2.75) is 144 Å². The summed E-state index contributed by atoms with van der Waals surface area (Å²) in [5.41, 5.74) is 15.4. The molecule has 0 amide bonds. The summed E-state index contributed by atoms with van der Waals surface area (Å²) in [7, 11) is 0. The highest BCUT2D eigenvalue weighted by molar-refractivity contribution is 5.54. The summed E-state index contributed by atoms with van der Waals surface area (Å²) >= 11 is 0. The number of hydrogen-bond donors (Lipinski definition) is 2. The zero-order chi connectivity index (χ0) is 33.8. The van der Waals surface area contributed by atoms with Crippen molar-refractivity contribution in [1.82, 2.24) is 9.97 Å². The van der Waals surface area contributed by atoms with Gasteiger partial charge in [0.25, 0.3) is 0 Å². The van der Waals surface area contributed by atoms with E-state index in [0.29, 0.717) is 17.3 Å². The van der Waals surface area contributed by atoms with E-state index < -0.39 is 0 Å². The maximum absolute atomic E-state index is 3.70. The topological polar surface area (TPSA) is 31.6 Å². The molecule has 1 saturated carbocycles. The summed E-state index contributed by atoms with van der Waals surface area (Å²) in [5.74, 6) is 2.83. The predicted molar refractivity (Wildman–Crippen MR) is 201 cm³/mol. The summed E-state index contributed by atoms with van der Waals surface area (Å²) < 4.78 is 0. The van der Waals surface area contributed by atoms with Crippen molar-refractivity contribution in [3.63, 3.8) is 0 Å². The summed E-state index contributed by atoms with van der Waals surface area (Å²) in [6.45, 7) is 26.8. The number of nitrogens with one attached hydrogen (secondary N) is 2. The lowest BCUT2D eigenvalue weighted by Crippen LogP contribution is -2.19. The average molecular weight is 621 g/mol. The lowest BCUT2D eigenvalue weighted by molar-refractivity contribution is 0.637. The maximum atomic E-state index is 3.70. The summed E-state index contributed by atoms with van der Waals surface area (Å²) in [4.78, 5) is 7.37. The van der Waals surface area contributed by atoms with Gasteiger partial charge in [0.15, 0.2) is 0 Å². The fourth-order valence-electron chi connectivity index (χ4n) is 7.07. The van der Waals surface area contributed by atoms with Gasteiger partial charge in [0.05, 0.1) is 0 Å². The van der Waals surface area contributed by atoms with Crippen LogP contribution in [0.2, 0.25) is 0 Å². The van der Waals surface area contributed by atoms with Gasteiger partial charge < -0.3 is 9.97 Å².